The van der Waals surface area contributed by atoms with Crippen LogP contribution in [-0.4, -0.2) is 28.5 Å². The molecule has 1 heterocycles. The Morgan fingerprint density at radius 3 is 2.68 bits per heavy atom. The van der Waals surface area contributed by atoms with E-state index in [1.807, 2.05) is 77.2 Å². The van der Waals surface area contributed by atoms with Crippen LogP contribution in [-0.2, 0) is 4.79 Å². The van der Waals surface area contributed by atoms with Crippen LogP contribution < -0.4 is 10.2 Å². The van der Waals surface area contributed by atoms with Gasteiger partial charge in [-0.25, -0.2) is 0 Å². The van der Waals surface area contributed by atoms with Crippen LogP contribution in [0.15, 0.2) is 67.0 Å². The fraction of sp³-hybridized carbons (Fsp3) is 0.158. The minimum absolute atomic E-state index is 0.0551. The van der Waals surface area contributed by atoms with Gasteiger partial charge in [-0.3, -0.25) is 9.36 Å². The largest absolute Gasteiger partial charge is 0.362 e. The Bertz CT molecular complexity index is 901. The Labute approximate surface area is 151 Å². The Morgan fingerprint density at radius 2 is 2.00 bits per heavy atom. The number of rotatable bonds is 6. The van der Waals surface area contributed by atoms with Gasteiger partial charge in [0.1, 0.15) is 0 Å². The number of H-pyrrole nitrogens is 1. The first-order chi connectivity index (χ1) is 12.2. The van der Waals surface area contributed by atoms with Gasteiger partial charge in [-0.05, 0) is 49.5 Å². The average molecular weight is 352 g/mol. The molecule has 0 unspecified atom stereocenters. The lowest BCUT2D eigenvalue weighted by atomic mass is 10.2. The summed E-state index contributed by atoms with van der Waals surface area (Å²) in [5.74, 6) is -0.0551. The van der Waals surface area contributed by atoms with Crippen molar-refractivity contribution < 1.29 is 4.79 Å². The molecular weight excluding hydrogens is 332 g/mol. The number of nitrogens with one attached hydrogen (secondary N) is 2. The van der Waals surface area contributed by atoms with E-state index in [2.05, 4.69) is 10.3 Å². The van der Waals surface area contributed by atoms with Gasteiger partial charge in [0.2, 0.25) is 5.91 Å². The molecule has 2 aromatic carbocycles. The summed E-state index contributed by atoms with van der Waals surface area (Å²) >= 11 is 5.24. The first-order valence-corrected chi connectivity index (χ1v) is 8.54. The monoisotopic (exact) mass is 352 g/mol. The predicted molar refractivity (Wildman–Crippen MR) is 104 cm³/mol. The number of para-hydroxylation sites is 1. The third-order valence-corrected chi connectivity index (χ3v) is 4.21. The number of amides is 1. The molecule has 128 valence electrons. The minimum atomic E-state index is -0.0551. The van der Waals surface area contributed by atoms with E-state index in [4.69, 9.17) is 12.2 Å². The van der Waals surface area contributed by atoms with Crippen molar-refractivity contribution in [2.45, 2.75) is 6.92 Å². The lowest BCUT2D eigenvalue weighted by Crippen LogP contribution is -2.33. The second kappa shape index (κ2) is 7.81. The van der Waals surface area contributed by atoms with Gasteiger partial charge in [0, 0.05) is 36.0 Å². The van der Waals surface area contributed by atoms with Gasteiger partial charge < -0.3 is 15.2 Å². The molecule has 0 aliphatic rings. The van der Waals surface area contributed by atoms with Gasteiger partial charge in [0.05, 0.1) is 6.54 Å². The van der Waals surface area contributed by atoms with Crippen LogP contribution in [0.4, 0.5) is 11.4 Å². The van der Waals surface area contributed by atoms with Crippen LogP contribution in [0.3, 0.4) is 0 Å². The number of imidazole rings is 1. The van der Waals surface area contributed by atoms with Crippen molar-refractivity contribution in [3.8, 4) is 5.69 Å². The fourth-order valence-corrected chi connectivity index (χ4v) is 2.89. The highest BCUT2D eigenvalue weighted by atomic mass is 32.1. The number of aromatic nitrogens is 2. The second-order valence-electron chi connectivity index (χ2n) is 5.58. The number of nitrogens with zero attached hydrogens (tertiary/aromatic N) is 2. The maximum atomic E-state index is 12.4. The van der Waals surface area contributed by atoms with Gasteiger partial charge in [0.15, 0.2) is 4.77 Å². The van der Waals surface area contributed by atoms with Crippen molar-refractivity contribution >= 4 is 29.5 Å². The number of anilines is 2. The van der Waals surface area contributed by atoms with Crippen molar-refractivity contribution in [3.63, 3.8) is 0 Å². The first-order valence-electron chi connectivity index (χ1n) is 8.13. The standard InChI is InChI=1S/C19H20N4OS/c1-2-22(16-8-4-3-5-9-16)14-18(24)21-15-7-6-10-17(13-15)23-12-11-20-19(23)25/h3-13H,2,14H2,1H3,(H,20,25)(H,21,24). The molecule has 6 heteroatoms. The van der Waals surface area contributed by atoms with E-state index in [1.165, 1.54) is 0 Å². The highest BCUT2D eigenvalue weighted by Gasteiger charge is 2.10. The van der Waals surface area contributed by atoms with Gasteiger partial charge in [-0.15, -0.1) is 0 Å². The van der Waals surface area contributed by atoms with Crippen LogP contribution in [0.25, 0.3) is 5.69 Å². The molecule has 3 rings (SSSR count). The van der Waals surface area contributed by atoms with Crippen LogP contribution in [0, 0.1) is 4.77 Å². The number of benzene rings is 2. The van der Waals surface area contributed by atoms with Crippen LogP contribution in [0.2, 0.25) is 0 Å². The van der Waals surface area contributed by atoms with Crippen molar-refractivity contribution in [1.82, 2.24) is 9.55 Å². The smallest absolute Gasteiger partial charge is 0.243 e. The molecule has 0 aliphatic heterocycles. The summed E-state index contributed by atoms with van der Waals surface area (Å²) in [6.07, 6.45) is 3.64. The molecule has 1 aromatic heterocycles. The normalized spacial score (nSPS) is 10.4. The predicted octanol–water partition coefficient (Wildman–Crippen LogP) is 4.00. The molecule has 0 saturated carbocycles. The zero-order chi connectivity index (χ0) is 17.6. The fourth-order valence-electron chi connectivity index (χ4n) is 2.66. The summed E-state index contributed by atoms with van der Waals surface area (Å²) in [5.41, 5.74) is 2.68. The quantitative estimate of drug-likeness (QED) is 0.659. The summed E-state index contributed by atoms with van der Waals surface area (Å²) in [7, 11) is 0. The zero-order valence-electron chi connectivity index (χ0n) is 14.0. The lowest BCUT2D eigenvalue weighted by Gasteiger charge is -2.22. The highest BCUT2D eigenvalue weighted by Crippen LogP contribution is 2.16. The van der Waals surface area contributed by atoms with E-state index >= 15 is 0 Å². The van der Waals surface area contributed by atoms with Crippen molar-refractivity contribution in [2.75, 3.05) is 23.3 Å². The third kappa shape index (κ3) is 4.16. The molecule has 0 spiro atoms. The Balaban J connectivity index is 1.71. The van der Waals surface area contributed by atoms with Gasteiger partial charge in [-0.2, -0.15) is 0 Å². The summed E-state index contributed by atoms with van der Waals surface area (Å²) < 4.78 is 2.47. The molecule has 2 N–H and O–H groups in total. The first kappa shape index (κ1) is 17.0. The maximum Gasteiger partial charge on any atom is 0.243 e. The van der Waals surface area contributed by atoms with Crippen LogP contribution in [0.1, 0.15) is 6.92 Å². The highest BCUT2D eigenvalue weighted by molar-refractivity contribution is 7.71. The van der Waals surface area contributed by atoms with E-state index in [9.17, 15) is 4.79 Å². The number of carbonyl (C=O) groups is 1. The van der Waals surface area contributed by atoms with Crippen molar-refractivity contribution in [3.05, 3.63) is 71.8 Å². The van der Waals surface area contributed by atoms with Crippen molar-refractivity contribution in [2.24, 2.45) is 0 Å². The second-order valence-corrected chi connectivity index (χ2v) is 5.97. The SMILES string of the molecule is CCN(CC(=O)Nc1cccc(-n2cc[nH]c2=S)c1)c1ccccc1. The number of hydrogen-bond donors (Lipinski definition) is 2. The van der Waals surface area contributed by atoms with E-state index in [0.717, 1.165) is 23.6 Å². The average Bonchev–Trinajstić information content (AvgIpc) is 3.06. The molecule has 3 aromatic rings. The molecule has 1 amide bonds. The van der Waals surface area contributed by atoms with Gasteiger partial charge >= 0.3 is 0 Å². The van der Waals surface area contributed by atoms with E-state index in [-0.39, 0.29) is 5.91 Å². The topological polar surface area (TPSA) is 53.1 Å². The molecule has 0 aliphatic carbocycles. The van der Waals surface area contributed by atoms with E-state index in [1.54, 1.807) is 6.20 Å². The molecule has 0 bridgehead atoms. The molecule has 0 radical (unpaired) electrons. The summed E-state index contributed by atoms with van der Waals surface area (Å²) in [6, 6.07) is 17.5. The molecule has 0 saturated heterocycles. The number of hydrogen-bond acceptors (Lipinski definition) is 3. The summed E-state index contributed by atoms with van der Waals surface area (Å²) in [5, 5.41) is 2.96. The molecular formula is C19H20N4OS. The Morgan fingerprint density at radius 1 is 1.20 bits per heavy atom. The van der Waals surface area contributed by atoms with Crippen molar-refractivity contribution in [1.29, 1.82) is 0 Å². The number of carbonyl (C=O) groups excluding carboxylic acids is 1. The van der Waals surface area contributed by atoms with Gasteiger partial charge in [0.25, 0.3) is 0 Å². The molecule has 25 heavy (non-hydrogen) atoms. The third-order valence-electron chi connectivity index (χ3n) is 3.89. The molecule has 0 atom stereocenters. The zero-order valence-corrected chi connectivity index (χ0v) is 14.8. The maximum absolute atomic E-state index is 12.4. The van der Waals surface area contributed by atoms with Crippen LogP contribution in [0.5, 0.6) is 0 Å². The lowest BCUT2D eigenvalue weighted by molar-refractivity contribution is -0.115. The number of likely N-dealkylation sites (N-methyl/N-ethyl adjacent to an activating group) is 1. The Hall–Kier alpha value is -2.86. The van der Waals surface area contributed by atoms with Gasteiger partial charge in [-0.1, -0.05) is 24.3 Å². The Kier molecular flexibility index (Phi) is 5.30. The number of aromatic amines is 1. The minimum Gasteiger partial charge on any atom is -0.362 e. The summed E-state index contributed by atoms with van der Waals surface area (Å²) in [4.78, 5) is 17.4. The van der Waals surface area contributed by atoms with E-state index in [0.29, 0.717) is 11.3 Å². The van der Waals surface area contributed by atoms with Crippen LogP contribution >= 0.6 is 12.2 Å². The van der Waals surface area contributed by atoms with E-state index < -0.39 is 0 Å². The summed E-state index contributed by atoms with van der Waals surface area (Å²) in [6.45, 7) is 3.10. The molecule has 5 nitrogen and oxygen atoms in total. The molecule has 0 fully saturated rings.